The third kappa shape index (κ3) is 5.89. The molecule has 1 fully saturated rings. The molecule has 0 spiro atoms. The third-order valence-corrected chi connectivity index (χ3v) is 7.71. The topological polar surface area (TPSA) is 126 Å². The molecule has 0 bridgehead atoms. The maximum Gasteiger partial charge on any atom is 0.422 e. The monoisotopic (exact) mass is 570 g/mol. The van der Waals surface area contributed by atoms with E-state index in [0.717, 1.165) is 19.4 Å². The molecule has 0 radical (unpaired) electrons. The number of hydrogen-bond acceptors (Lipinski definition) is 8. The Bertz CT molecular complexity index is 1500. The molecule has 2 N–H and O–H groups in total. The molecule has 41 heavy (non-hydrogen) atoms. The van der Waals surface area contributed by atoms with E-state index < -0.39 is 40.9 Å². The molecule has 4 aromatic rings. The van der Waals surface area contributed by atoms with Gasteiger partial charge < -0.3 is 24.2 Å². The highest BCUT2D eigenvalue weighted by Gasteiger charge is 2.43. The van der Waals surface area contributed by atoms with Gasteiger partial charge in [0.15, 0.2) is 0 Å². The molecule has 1 aliphatic rings. The highest BCUT2D eigenvalue weighted by molar-refractivity contribution is 5.74. The molecule has 0 aliphatic carbocycles. The average Bonchev–Trinajstić information content (AvgIpc) is 3.62. The smallest absolute Gasteiger partial charge is 0.422 e. The van der Waals surface area contributed by atoms with E-state index >= 15 is 0 Å². The Balaban J connectivity index is 1.31. The molecule has 2 aromatic carbocycles. The lowest BCUT2D eigenvalue weighted by atomic mass is 9.74. The Hall–Kier alpha value is -4.03. The van der Waals surface area contributed by atoms with Gasteiger partial charge in [0, 0.05) is 24.2 Å². The van der Waals surface area contributed by atoms with E-state index in [1.807, 2.05) is 0 Å². The summed E-state index contributed by atoms with van der Waals surface area (Å²) >= 11 is 0. The van der Waals surface area contributed by atoms with E-state index in [-0.39, 0.29) is 23.0 Å². The second-order valence-corrected chi connectivity index (χ2v) is 10.8. The van der Waals surface area contributed by atoms with Crippen molar-refractivity contribution in [2.24, 2.45) is 11.3 Å². The van der Waals surface area contributed by atoms with Crippen LogP contribution in [0.25, 0.3) is 34.3 Å². The molecule has 2 aromatic heterocycles. The number of aliphatic carboxylic acids is 1. The summed E-state index contributed by atoms with van der Waals surface area (Å²) in [5, 5.41) is 27.9. The molecule has 12 heteroatoms. The van der Waals surface area contributed by atoms with Crippen LogP contribution in [0, 0.1) is 11.3 Å². The van der Waals surface area contributed by atoms with Crippen LogP contribution in [-0.2, 0) is 11.0 Å². The Morgan fingerprint density at radius 3 is 2.41 bits per heavy atom. The van der Waals surface area contributed by atoms with Crippen LogP contribution in [0.2, 0.25) is 0 Å². The Morgan fingerprint density at radius 1 is 1.05 bits per heavy atom. The number of aromatic nitrogens is 3. The van der Waals surface area contributed by atoms with Crippen LogP contribution in [0.4, 0.5) is 13.2 Å². The summed E-state index contributed by atoms with van der Waals surface area (Å²) in [4.78, 5) is 17.9. The number of aliphatic hydroxyl groups is 1. The molecule has 9 nitrogen and oxygen atoms in total. The molecule has 5 rings (SSSR count). The fraction of sp³-hybridized carbons (Fsp3) is 0.379. The molecule has 3 heterocycles. The van der Waals surface area contributed by atoms with Crippen molar-refractivity contribution in [3.05, 3.63) is 65.7 Å². The quantitative estimate of drug-likeness (QED) is 0.265. The van der Waals surface area contributed by atoms with Crippen LogP contribution >= 0.6 is 0 Å². The van der Waals surface area contributed by atoms with E-state index in [1.54, 1.807) is 56.3 Å². The first kappa shape index (κ1) is 28.5. The number of rotatable bonds is 8. The SMILES string of the molecule is CC(C)(C(=O)O)C1CCCN(C[C@H](O)c2ccc(-c3noc(-c4onc(-c5ccccc5)c4C(F)(F)F)n3)cc2)C1. The minimum atomic E-state index is -4.79. The van der Waals surface area contributed by atoms with Gasteiger partial charge in [-0.2, -0.15) is 18.2 Å². The zero-order valence-corrected chi connectivity index (χ0v) is 22.4. The molecule has 1 saturated heterocycles. The first-order valence-electron chi connectivity index (χ1n) is 13.2. The molecular weight excluding hydrogens is 541 g/mol. The summed E-state index contributed by atoms with van der Waals surface area (Å²) in [6.07, 6.45) is -3.94. The largest absolute Gasteiger partial charge is 0.481 e. The molecule has 1 aliphatic heterocycles. The van der Waals surface area contributed by atoms with Crippen molar-refractivity contribution in [2.75, 3.05) is 19.6 Å². The van der Waals surface area contributed by atoms with Gasteiger partial charge in [0.25, 0.3) is 5.89 Å². The van der Waals surface area contributed by atoms with Crippen molar-refractivity contribution in [1.82, 2.24) is 20.2 Å². The van der Waals surface area contributed by atoms with Gasteiger partial charge in [-0.1, -0.05) is 64.9 Å². The summed E-state index contributed by atoms with van der Waals surface area (Å²) in [6, 6.07) is 14.5. The number of benzene rings is 2. The van der Waals surface area contributed by atoms with E-state index in [1.165, 1.54) is 12.1 Å². The van der Waals surface area contributed by atoms with Crippen molar-refractivity contribution in [1.29, 1.82) is 0 Å². The number of carboxylic acid groups (broad SMARTS) is 1. The Morgan fingerprint density at radius 2 is 1.76 bits per heavy atom. The zero-order valence-electron chi connectivity index (χ0n) is 22.4. The van der Waals surface area contributed by atoms with Crippen LogP contribution in [0.3, 0.4) is 0 Å². The molecule has 216 valence electrons. The van der Waals surface area contributed by atoms with Crippen LogP contribution < -0.4 is 0 Å². The lowest BCUT2D eigenvalue weighted by Crippen LogP contribution is -2.45. The lowest BCUT2D eigenvalue weighted by Gasteiger charge is -2.39. The molecule has 0 saturated carbocycles. The number of carboxylic acids is 1. The zero-order chi connectivity index (χ0) is 29.4. The third-order valence-electron chi connectivity index (χ3n) is 7.71. The summed E-state index contributed by atoms with van der Waals surface area (Å²) in [7, 11) is 0. The van der Waals surface area contributed by atoms with Crippen LogP contribution in [-0.4, -0.2) is 56.0 Å². The molecular formula is C29H29F3N4O5. The van der Waals surface area contributed by atoms with Crippen molar-refractivity contribution in [3.8, 4) is 34.3 Å². The van der Waals surface area contributed by atoms with Crippen LogP contribution in [0.1, 0.15) is 43.9 Å². The van der Waals surface area contributed by atoms with Crippen molar-refractivity contribution in [2.45, 2.75) is 39.0 Å². The average molecular weight is 571 g/mol. The minimum absolute atomic E-state index is 0.0262. The molecule has 2 atom stereocenters. The number of halogens is 3. The minimum Gasteiger partial charge on any atom is -0.481 e. The lowest BCUT2D eigenvalue weighted by molar-refractivity contribution is -0.151. The van der Waals surface area contributed by atoms with Crippen molar-refractivity contribution >= 4 is 5.97 Å². The fourth-order valence-electron chi connectivity index (χ4n) is 5.11. The first-order chi connectivity index (χ1) is 19.4. The standard InChI is InChI=1S/C29H29F3N4O5/c1-28(2,27(38)39)20-9-6-14-36(15-20)16-21(37)17-10-12-19(13-11-17)25-33-26(41-35-25)24-22(29(30,31)32)23(34-40-24)18-7-4-3-5-8-18/h3-5,7-8,10-13,20-21,37H,6,9,14-16H2,1-2H3,(H,38,39)/t20?,21-/m0/s1. The van der Waals surface area contributed by atoms with E-state index in [0.29, 0.717) is 24.2 Å². The van der Waals surface area contributed by atoms with Gasteiger partial charge >= 0.3 is 12.1 Å². The summed E-state index contributed by atoms with van der Waals surface area (Å²) in [6.45, 7) is 5.15. The van der Waals surface area contributed by atoms with E-state index in [2.05, 4.69) is 20.2 Å². The summed E-state index contributed by atoms with van der Waals surface area (Å²) < 4.78 is 52.2. The van der Waals surface area contributed by atoms with Gasteiger partial charge in [0.1, 0.15) is 11.3 Å². The number of nitrogens with zero attached hydrogens (tertiary/aromatic N) is 4. The van der Waals surface area contributed by atoms with Crippen molar-refractivity contribution < 1.29 is 37.2 Å². The number of piperidine rings is 1. The normalized spacial score (nSPS) is 17.5. The summed E-state index contributed by atoms with van der Waals surface area (Å²) in [5.74, 6) is -1.95. The van der Waals surface area contributed by atoms with Gasteiger partial charge in [-0.25, -0.2) is 0 Å². The molecule has 1 unspecified atom stereocenters. The van der Waals surface area contributed by atoms with E-state index in [4.69, 9.17) is 9.05 Å². The van der Waals surface area contributed by atoms with Gasteiger partial charge in [-0.3, -0.25) is 4.79 Å². The number of alkyl halides is 3. The van der Waals surface area contributed by atoms with Gasteiger partial charge in [0.05, 0.1) is 11.5 Å². The predicted molar refractivity (Wildman–Crippen MR) is 141 cm³/mol. The van der Waals surface area contributed by atoms with Crippen LogP contribution in [0.15, 0.2) is 63.6 Å². The highest BCUT2D eigenvalue weighted by Crippen LogP contribution is 2.43. The van der Waals surface area contributed by atoms with E-state index in [9.17, 15) is 28.2 Å². The molecule has 0 amide bonds. The maximum absolute atomic E-state index is 14.0. The number of β-amino-alcohol motifs (C(OH)–C–C–N with tert-alkyl or cyclic N) is 1. The van der Waals surface area contributed by atoms with Gasteiger partial charge in [-0.15, -0.1) is 0 Å². The first-order valence-corrected chi connectivity index (χ1v) is 13.2. The highest BCUT2D eigenvalue weighted by atomic mass is 19.4. The maximum atomic E-state index is 14.0. The Labute approximate surface area is 233 Å². The summed E-state index contributed by atoms with van der Waals surface area (Å²) in [5.41, 5.74) is -1.02. The van der Waals surface area contributed by atoms with Gasteiger partial charge in [-0.05, 0) is 44.7 Å². The number of hydrogen-bond donors (Lipinski definition) is 2. The number of aliphatic hydroxyl groups excluding tert-OH is 1. The number of likely N-dealkylation sites (tertiary alicyclic amines) is 1. The Kier molecular flexibility index (Phi) is 7.71. The second kappa shape index (κ2) is 11.1. The second-order valence-electron chi connectivity index (χ2n) is 10.8. The van der Waals surface area contributed by atoms with Gasteiger partial charge in [0.2, 0.25) is 11.6 Å². The predicted octanol–water partition coefficient (Wildman–Crippen LogP) is 5.93. The fourth-order valence-corrected chi connectivity index (χ4v) is 5.11. The van der Waals surface area contributed by atoms with Crippen molar-refractivity contribution in [3.63, 3.8) is 0 Å². The van der Waals surface area contributed by atoms with Crippen LogP contribution in [0.5, 0.6) is 0 Å². The number of carbonyl (C=O) groups is 1.